The van der Waals surface area contributed by atoms with Gasteiger partial charge < -0.3 is 26.4 Å². The van der Waals surface area contributed by atoms with Crippen LogP contribution in [0.25, 0.3) is 10.8 Å². The van der Waals surface area contributed by atoms with Gasteiger partial charge in [-0.05, 0) is 96.1 Å². The summed E-state index contributed by atoms with van der Waals surface area (Å²) in [6.07, 6.45) is 1.66. The van der Waals surface area contributed by atoms with E-state index in [-0.39, 0.29) is 25.0 Å². The van der Waals surface area contributed by atoms with Gasteiger partial charge in [0.25, 0.3) is 5.91 Å². The first-order chi connectivity index (χ1) is 17.8. The van der Waals surface area contributed by atoms with Crippen molar-refractivity contribution in [1.82, 2.24) is 10.3 Å². The Hall–Kier alpha value is -4.24. The summed E-state index contributed by atoms with van der Waals surface area (Å²) in [6.45, 7) is 3.91. The molecule has 3 aromatic carbocycles. The van der Waals surface area contributed by atoms with E-state index in [4.69, 9.17) is 10.5 Å². The minimum absolute atomic E-state index is 0.132. The van der Waals surface area contributed by atoms with Crippen molar-refractivity contribution in [2.45, 2.75) is 31.3 Å². The summed E-state index contributed by atoms with van der Waals surface area (Å²) in [4.78, 5) is 31.0. The van der Waals surface area contributed by atoms with Crippen LogP contribution < -0.4 is 26.4 Å². The molecule has 2 aliphatic heterocycles. The average Bonchev–Trinajstić information content (AvgIpc) is 2.86. The van der Waals surface area contributed by atoms with Gasteiger partial charge in [-0.3, -0.25) is 9.59 Å². The van der Waals surface area contributed by atoms with Gasteiger partial charge in [-0.2, -0.15) is 0 Å². The lowest BCUT2D eigenvalue weighted by Crippen LogP contribution is -2.33. The third-order valence-electron chi connectivity index (χ3n) is 6.35. The van der Waals surface area contributed by atoms with Crippen LogP contribution in [0.3, 0.4) is 0 Å². The summed E-state index contributed by atoms with van der Waals surface area (Å²) in [5.41, 5.74) is 10.6. The zero-order valence-electron chi connectivity index (χ0n) is 20.5. The molecule has 37 heavy (non-hydrogen) atoms. The molecule has 0 fully saturated rings. The van der Waals surface area contributed by atoms with Crippen molar-refractivity contribution in [1.29, 1.82) is 0 Å². The number of thiol groups is 1. The van der Waals surface area contributed by atoms with E-state index in [1.54, 1.807) is 24.4 Å². The van der Waals surface area contributed by atoms with Crippen LogP contribution in [-0.4, -0.2) is 23.4 Å². The first-order valence-corrected chi connectivity index (χ1v) is 12.3. The zero-order chi connectivity index (χ0) is 26.1. The number of aryl methyl sites for hydroxylation is 2. The highest BCUT2D eigenvalue weighted by atomic mass is 32.1. The topological polar surface area (TPSA) is 118 Å². The number of amides is 2. The van der Waals surface area contributed by atoms with Crippen LogP contribution in [0.4, 0.5) is 17.2 Å². The Balaban J connectivity index is 1.55. The van der Waals surface area contributed by atoms with Crippen molar-refractivity contribution >= 4 is 52.4 Å². The highest BCUT2D eigenvalue weighted by Crippen LogP contribution is 2.31. The summed E-state index contributed by atoms with van der Waals surface area (Å²) in [5.74, 6) is 0.591. The lowest BCUT2D eigenvalue weighted by Gasteiger charge is -2.22. The van der Waals surface area contributed by atoms with Crippen LogP contribution >= 0.6 is 12.6 Å². The second-order valence-electron chi connectivity index (χ2n) is 9.09. The molecule has 3 heterocycles. The number of ether oxygens (including phenoxy) is 1. The van der Waals surface area contributed by atoms with Gasteiger partial charge >= 0.3 is 0 Å². The van der Waals surface area contributed by atoms with Crippen molar-refractivity contribution in [3.63, 3.8) is 0 Å². The number of hydrogen-bond acceptors (Lipinski definition) is 7. The fraction of sp³-hybridized carbons (Fsp3) is 0.179. The highest BCUT2D eigenvalue weighted by Gasteiger charge is 2.23. The second-order valence-corrected chi connectivity index (χ2v) is 9.57. The number of anilines is 3. The molecule has 4 bridgehead atoms. The smallest absolute Gasteiger partial charge is 0.262 e. The van der Waals surface area contributed by atoms with Gasteiger partial charge in [-0.25, -0.2) is 4.98 Å². The number of nitrogens with two attached hydrogens (primary N) is 1. The number of carbonyl (C=O) groups excluding carboxylic acids is 2. The van der Waals surface area contributed by atoms with Gasteiger partial charge in [-0.15, -0.1) is 12.6 Å². The van der Waals surface area contributed by atoms with E-state index in [0.29, 0.717) is 22.2 Å². The molecular formula is C28H27N5O3S. The van der Waals surface area contributed by atoms with Crippen molar-refractivity contribution in [3.8, 4) is 5.75 Å². The van der Waals surface area contributed by atoms with Crippen molar-refractivity contribution < 1.29 is 14.3 Å². The normalized spacial score (nSPS) is 15.8. The molecule has 1 atom stereocenters. The highest BCUT2D eigenvalue weighted by molar-refractivity contribution is 7.80. The van der Waals surface area contributed by atoms with Gasteiger partial charge in [0.2, 0.25) is 5.91 Å². The maximum Gasteiger partial charge on any atom is 0.262 e. The summed E-state index contributed by atoms with van der Waals surface area (Å²) in [5, 5.41) is 11.0. The Kier molecular flexibility index (Phi) is 6.62. The van der Waals surface area contributed by atoms with Crippen LogP contribution in [0.5, 0.6) is 5.75 Å². The average molecular weight is 514 g/mol. The van der Waals surface area contributed by atoms with Crippen LogP contribution in [0.2, 0.25) is 0 Å². The molecule has 6 rings (SSSR count). The van der Waals surface area contributed by atoms with E-state index in [1.165, 1.54) is 0 Å². The van der Waals surface area contributed by atoms with Crippen molar-refractivity contribution in [3.05, 3.63) is 83.0 Å². The van der Waals surface area contributed by atoms with Crippen LogP contribution in [0.15, 0.2) is 65.7 Å². The van der Waals surface area contributed by atoms with Crippen molar-refractivity contribution in [2.75, 3.05) is 23.0 Å². The van der Waals surface area contributed by atoms with Crippen LogP contribution in [-0.2, 0) is 16.1 Å². The molecule has 0 saturated heterocycles. The van der Waals surface area contributed by atoms with Crippen LogP contribution in [0.1, 0.15) is 28.3 Å². The number of nitrogens with zero attached hydrogens (tertiary/aromatic N) is 1. The molecule has 4 aromatic rings. The predicted octanol–water partition coefficient (Wildman–Crippen LogP) is 4.52. The molecular weight excluding hydrogens is 486 g/mol. The Morgan fingerprint density at radius 2 is 1.84 bits per heavy atom. The predicted molar refractivity (Wildman–Crippen MR) is 148 cm³/mol. The number of fused-ring (bicyclic) bond motifs is 9. The Morgan fingerprint density at radius 3 is 2.62 bits per heavy atom. The van der Waals surface area contributed by atoms with E-state index >= 15 is 0 Å². The third kappa shape index (κ3) is 5.17. The fourth-order valence-corrected chi connectivity index (χ4v) is 4.78. The van der Waals surface area contributed by atoms with E-state index in [9.17, 15) is 9.59 Å². The third-order valence-corrected chi connectivity index (χ3v) is 6.78. The summed E-state index contributed by atoms with van der Waals surface area (Å²) in [7, 11) is 0. The fourth-order valence-electron chi connectivity index (χ4n) is 4.56. The molecule has 2 amide bonds. The summed E-state index contributed by atoms with van der Waals surface area (Å²) < 4.78 is 5.88. The molecule has 9 heteroatoms. The molecule has 188 valence electrons. The molecule has 0 saturated carbocycles. The van der Waals surface area contributed by atoms with E-state index in [1.807, 2.05) is 50.2 Å². The quantitative estimate of drug-likeness (QED) is 0.252. The van der Waals surface area contributed by atoms with Crippen molar-refractivity contribution in [2.24, 2.45) is 0 Å². The largest absolute Gasteiger partial charge is 0.483 e. The monoisotopic (exact) mass is 513 g/mol. The number of rotatable bonds is 2. The molecule has 8 nitrogen and oxygen atoms in total. The van der Waals surface area contributed by atoms with Gasteiger partial charge in [0.15, 0.2) is 6.61 Å². The Morgan fingerprint density at radius 1 is 1.05 bits per heavy atom. The summed E-state index contributed by atoms with van der Waals surface area (Å²) in [6, 6.07) is 16.1. The molecule has 1 aromatic heterocycles. The number of nitrogens with one attached hydrogen (secondary N) is 3. The van der Waals surface area contributed by atoms with E-state index < -0.39 is 6.04 Å². The van der Waals surface area contributed by atoms with E-state index in [2.05, 4.69) is 33.6 Å². The number of aromatic nitrogens is 1. The maximum atomic E-state index is 13.6. The number of carbonyl (C=O) groups is 2. The Bertz CT molecular complexity index is 1520. The second kappa shape index (κ2) is 10.0. The molecule has 1 unspecified atom stereocenters. The number of nitrogen functional groups attached to an aromatic ring is 1. The Labute approximate surface area is 220 Å². The van der Waals surface area contributed by atoms with E-state index in [0.717, 1.165) is 38.7 Å². The number of pyridine rings is 1. The lowest BCUT2D eigenvalue weighted by atomic mass is 9.98. The van der Waals surface area contributed by atoms with Gasteiger partial charge in [0.05, 0.1) is 0 Å². The minimum Gasteiger partial charge on any atom is -0.483 e. The maximum absolute atomic E-state index is 13.6. The number of benzene rings is 3. The first-order valence-electron chi connectivity index (χ1n) is 11.8. The lowest BCUT2D eigenvalue weighted by molar-refractivity contribution is -0.122. The van der Waals surface area contributed by atoms with Gasteiger partial charge in [0.1, 0.15) is 17.6 Å². The molecule has 0 radical (unpaired) electrons. The van der Waals surface area contributed by atoms with Gasteiger partial charge in [-0.1, -0.05) is 0 Å². The molecule has 2 aliphatic rings. The SMILES string of the molecule is Cc1cc2cc(C)c1OCC(=O)Nc1ccc(S)c(c1)CNC(=O)C2Nc1ccc2c(N)nccc2c1. The molecule has 5 N–H and O–H groups in total. The van der Waals surface area contributed by atoms with Gasteiger partial charge in [0, 0.05) is 34.4 Å². The van der Waals surface area contributed by atoms with Crippen LogP contribution in [0, 0.1) is 13.8 Å². The molecule has 0 aliphatic carbocycles. The minimum atomic E-state index is -0.695. The zero-order valence-corrected chi connectivity index (χ0v) is 21.4. The summed E-state index contributed by atoms with van der Waals surface area (Å²) >= 11 is 4.52. The molecule has 0 spiro atoms. The number of hydrogen-bond donors (Lipinski definition) is 5. The standard InChI is InChI=1S/C28H27N5O3S/c1-15-9-18-10-16(2)26(15)36-14-24(34)32-20-4-6-23(37)19(12-20)13-31-28(35)25(18)33-21-3-5-22-17(11-21)7-8-30-27(22)29/h3-12,25,33,37H,13-14H2,1-2H3,(H2,29,30)(H,31,35)(H,32,34). The first kappa shape index (κ1) is 24.5.